The van der Waals surface area contributed by atoms with Crippen LogP contribution < -0.4 is 0 Å². The second kappa shape index (κ2) is 8.65. The third-order valence-corrected chi connectivity index (χ3v) is 1.31. The molecule has 0 aromatic heterocycles. The quantitative estimate of drug-likeness (QED) is 0.293. The fourth-order valence-corrected chi connectivity index (χ4v) is 0.561. The van der Waals surface area contributed by atoms with E-state index in [0.29, 0.717) is 6.61 Å². The van der Waals surface area contributed by atoms with Crippen LogP contribution in [0.15, 0.2) is 0 Å². The highest BCUT2D eigenvalue weighted by molar-refractivity contribution is 5.91. The minimum absolute atomic E-state index is 0.356. The predicted molar refractivity (Wildman–Crippen MR) is 53.4 cm³/mol. The second-order valence-corrected chi connectivity index (χ2v) is 2.48. The predicted octanol–water partition coefficient (Wildman–Crippen LogP) is 0.509. The molecule has 0 amide bonds. The van der Waals surface area contributed by atoms with Gasteiger partial charge < -0.3 is 9.47 Å². The third-order valence-electron chi connectivity index (χ3n) is 1.31. The molecule has 0 heterocycles. The Morgan fingerprint density at radius 3 is 2.27 bits per heavy atom. The average molecular weight is 208 g/mol. The zero-order valence-corrected chi connectivity index (χ0v) is 8.75. The van der Waals surface area contributed by atoms with E-state index in [1.165, 1.54) is 7.11 Å². The zero-order valence-electron chi connectivity index (χ0n) is 8.75. The summed E-state index contributed by atoms with van der Waals surface area (Å²) in [5.74, 6) is 7.23. The lowest BCUT2D eigenvalue weighted by molar-refractivity contribution is -0.137. The minimum atomic E-state index is -0.691. The van der Waals surface area contributed by atoms with Crippen molar-refractivity contribution in [2.75, 3.05) is 13.7 Å². The first kappa shape index (κ1) is 13.1. The molecule has 0 aliphatic heterocycles. The van der Waals surface area contributed by atoms with Crippen LogP contribution in [0.1, 0.15) is 19.8 Å². The Balaban J connectivity index is 3.89. The fraction of sp³-hybridized carbons (Fsp3) is 0.455. The molecule has 4 heteroatoms. The van der Waals surface area contributed by atoms with Crippen molar-refractivity contribution >= 4 is 11.9 Å². The summed E-state index contributed by atoms with van der Waals surface area (Å²) in [7, 11) is 1.21. The van der Waals surface area contributed by atoms with Crippen LogP contribution in [-0.2, 0) is 19.1 Å². The summed E-state index contributed by atoms with van der Waals surface area (Å²) in [5.41, 5.74) is 0. The molecule has 0 rings (SSSR count). The van der Waals surface area contributed by atoms with Crippen LogP contribution in [-0.4, -0.2) is 25.7 Å². The lowest BCUT2D eigenvalue weighted by Gasteiger charge is -1.95. The van der Waals surface area contributed by atoms with Crippen molar-refractivity contribution in [1.82, 2.24) is 0 Å². The van der Waals surface area contributed by atoms with Crippen LogP contribution >= 0.6 is 0 Å². The number of methoxy groups -OCH3 is 1. The first-order valence-electron chi connectivity index (χ1n) is 4.47. The Morgan fingerprint density at radius 1 is 1.13 bits per heavy atom. The van der Waals surface area contributed by atoms with Gasteiger partial charge in [-0.15, -0.1) is 0 Å². The lowest BCUT2D eigenvalue weighted by Crippen LogP contribution is -2.02. The van der Waals surface area contributed by atoms with E-state index in [1.807, 2.05) is 6.92 Å². The number of carbonyl (C=O) groups is 2. The number of carbonyl (C=O) groups excluding carboxylic acids is 2. The van der Waals surface area contributed by atoms with Gasteiger partial charge in [0.15, 0.2) is 0 Å². The van der Waals surface area contributed by atoms with Gasteiger partial charge in [-0.1, -0.05) is 13.3 Å². The summed E-state index contributed by atoms with van der Waals surface area (Å²) < 4.78 is 8.96. The first-order chi connectivity index (χ1) is 7.20. The Morgan fingerprint density at radius 2 is 1.73 bits per heavy atom. The van der Waals surface area contributed by atoms with E-state index in [1.54, 1.807) is 0 Å². The molecule has 0 fully saturated rings. The van der Waals surface area contributed by atoms with Crippen molar-refractivity contribution < 1.29 is 19.1 Å². The molecular formula is C11H12O4. The molecule has 0 N–H and O–H groups in total. The molecule has 0 atom stereocenters. The van der Waals surface area contributed by atoms with Crippen LogP contribution in [0.4, 0.5) is 0 Å². The van der Waals surface area contributed by atoms with Gasteiger partial charge in [0.1, 0.15) is 0 Å². The Labute approximate surface area is 88.9 Å². The normalized spacial score (nSPS) is 7.60. The topological polar surface area (TPSA) is 52.6 Å². The van der Waals surface area contributed by atoms with E-state index >= 15 is 0 Å². The van der Waals surface area contributed by atoms with Crippen molar-refractivity contribution in [2.45, 2.75) is 19.8 Å². The maximum absolute atomic E-state index is 10.9. The average Bonchev–Trinajstić information content (AvgIpc) is 2.24. The molecule has 0 aliphatic rings. The van der Waals surface area contributed by atoms with Gasteiger partial charge in [0, 0.05) is 11.8 Å². The van der Waals surface area contributed by atoms with Gasteiger partial charge in [-0.25, -0.2) is 9.59 Å². The molecule has 0 aromatic rings. The standard InChI is InChI=1S/C11H12O4/c1-3-4-9-15-11(13)8-6-5-7-10(12)14-2/h3-4,9H2,1-2H3. The summed E-state index contributed by atoms with van der Waals surface area (Å²) >= 11 is 0. The van der Waals surface area contributed by atoms with Gasteiger partial charge in [-0.3, -0.25) is 0 Å². The zero-order chi connectivity index (χ0) is 11.5. The van der Waals surface area contributed by atoms with Gasteiger partial charge >= 0.3 is 11.9 Å². The van der Waals surface area contributed by atoms with Gasteiger partial charge in [0.05, 0.1) is 13.7 Å². The monoisotopic (exact) mass is 208 g/mol. The van der Waals surface area contributed by atoms with Crippen LogP contribution in [0.3, 0.4) is 0 Å². The number of esters is 2. The molecule has 80 valence electrons. The van der Waals surface area contributed by atoms with E-state index in [2.05, 4.69) is 28.4 Å². The summed E-state index contributed by atoms with van der Waals surface area (Å²) in [4.78, 5) is 21.3. The smallest absolute Gasteiger partial charge is 0.385 e. The lowest BCUT2D eigenvalue weighted by atomic mass is 10.4. The van der Waals surface area contributed by atoms with E-state index in [4.69, 9.17) is 4.74 Å². The highest BCUT2D eigenvalue weighted by Gasteiger charge is 1.94. The molecule has 0 aliphatic carbocycles. The van der Waals surface area contributed by atoms with Crippen LogP contribution in [0, 0.1) is 23.7 Å². The van der Waals surface area contributed by atoms with Crippen molar-refractivity contribution in [1.29, 1.82) is 0 Å². The molecule has 0 spiro atoms. The molecule has 4 nitrogen and oxygen atoms in total. The summed E-state index contributed by atoms with van der Waals surface area (Å²) in [6.45, 7) is 2.34. The second-order valence-electron chi connectivity index (χ2n) is 2.48. The Kier molecular flexibility index (Phi) is 7.53. The molecule has 0 saturated heterocycles. The van der Waals surface area contributed by atoms with Crippen molar-refractivity contribution in [3.8, 4) is 23.7 Å². The van der Waals surface area contributed by atoms with Crippen molar-refractivity contribution in [2.24, 2.45) is 0 Å². The van der Waals surface area contributed by atoms with E-state index < -0.39 is 11.9 Å². The molecule has 15 heavy (non-hydrogen) atoms. The van der Waals surface area contributed by atoms with Gasteiger partial charge in [-0.2, -0.15) is 0 Å². The number of rotatable bonds is 3. The first-order valence-corrected chi connectivity index (χ1v) is 4.47. The SMILES string of the molecule is CCCCOC(=O)C#CC#CC(=O)OC. The summed E-state index contributed by atoms with van der Waals surface area (Å²) in [6, 6.07) is 0. The molecular weight excluding hydrogens is 196 g/mol. The molecule has 0 aromatic carbocycles. The number of ether oxygens (including phenoxy) is 2. The van der Waals surface area contributed by atoms with Crippen LogP contribution in [0.25, 0.3) is 0 Å². The number of hydrogen-bond donors (Lipinski definition) is 0. The highest BCUT2D eigenvalue weighted by atomic mass is 16.5. The Hall–Kier alpha value is -1.94. The summed E-state index contributed by atoms with van der Waals surface area (Å²) in [5, 5.41) is 0. The van der Waals surface area contributed by atoms with Gasteiger partial charge in [0.2, 0.25) is 0 Å². The van der Waals surface area contributed by atoms with Crippen LogP contribution in [0.2, 0.25) is 0 Å². The third kappa shape index (κ3) is 8.39. The van der Waals surface area contributed by atoms with Gasteiger partial charge in [-0.05, 0) is 18.3 Å². The highest BCUT2D eigenvalue weighted by Crippen LogP contribution is 1.87. The van der Waals surface area contributed by atoms with Crippen molar-refractivity contribution in [3.05, 3.63) is 0 Å². The molecule has 0 radical (unpaired) electrons. The number of unbranched alkanes of at least 4 members (excludes halogenated alkanes) is 1. The van der Waals surface area contributed by atoms with Gasteiger partial charge in [0.25, 0.3) is 0 Å². The van der Waals surface area contributed by atoms with E-state index in [-0.39, 0.29) is 0 Å². The van der Waals surface area contributed by atoms with E-state index in [9.17, 15) is 9.59 Å². The Bertz CT molecular complexity index is 335. The fourth-order valence-electron chi connectivity index (χ4n) is 0.561. The maximum Gasteiger partial charge on any atom is 0.385 e. The van der Waals surface area contributed by atoms with E-state index in [0.717, 1.165) is 12.8 Å². The molecule has 0 saturated carbocycles. The maximum atomic E-state index is 10.9. The summed E-state index contributed by atoms with van der Waals surface area (Å²) in [6.07, 6.45) is 1.75. The molecule has 0 bridgehead atoms. The van der Waals surface area contributed by atoms with Crippen LogP contribution in [0.5, 0.6) is 0 Å². The molecule has 0 unspecified atom stereocenters. The minimum Gasteiger partial charge on any atom is -0.459 e. The van der Waals surface area contributed by atoms with Crippen molar-refractivity contribution in [3.63, 3.8) is 0 Å². The number of hydrogen-bond acceptors (Lipinski definition) is 4. The largest absolute Gasteiger partial charge is 0.459 e.